The van der Waals surface area contributed by atoms with Crippen molar-refractivity contribution in [2.45, 2.75) is 26.2 Å². The Bertz CT molecular complexity index is 653. The Hall–Kier alpha value is -1.38. The first-order valence-electron chi connectivity index (χ1n) is 8.02. The number of hydrogen-bond acceptors (Lipinski definition) is 3. The SMILES string of the molecule is CN=C(NCCc1nnc2ccccn12)N1CCCC(C)C1.I. The Balaban J connectivity index is 0.00000192. The summed E-state index contributed by atoms with van der Waals surface area (Å²) in [4.78, 5) is 6.77. The molecule has 23 heavy (non-hydrogen) atoms. The molecule has 3 rings (SSSR count). The maximum Gasteiger partial charge on any atom is 0.193 e. The number of nitrogens with zero attached hydrogens (tertiary/aromatic N) is 5. The van der Waals surface area contributed by atoms with Gasteiger partial charge >= 0.3 is 0 Å². The predicted octanol–water partition coefficient (Wildman–Crippen LogP) is 2.20. The predicted molar refractivity (Wildman–Crippen MR) is 103 cm³/mol. The van der Waals surface area contributed by atoms with Gasteiger partial charge in [0.15, 0.2) is 11.6 Å². The zero-order valence-electron chi connectivity index (χ0n) is 13.8. The van der Waals surface area contributed by atoms with Crippen molar-refractivity contribution >= 4 is 35.6 Å². The van der Waals surface area contributed by atoms with Gasteiger partial charge in [-0.2, -0.15) is 0 Å². The fraction of sp³-hybridized carbons (Fsp3) is 0.562. The second kappa shape index (κ2) is 8.47. The average Bonchev–Trinajstić information content (AvgIpc) is 2.95. The van der Waals surface area contributed by atoms with E-state index in [1.165, 1.54) is 12.8 Å². The summed E-state index contributed by atoms with van der Waals surface area (Å²) in [5.41, 5.74) is 0.895. The van der Waals surface area contributed by atoms with Crippen molar-refractivity contribution in [1.82, 2.24) is 24.8 Å². The molecule has 2 aromatic heterocycles. The van der Waals surface area contributed by atoms with Crippen molar-refractivity contribution in [2.24, 2.45) is 10.9 Å². The van der Waals surface area contributed by atoms with Crippen LogP contribution in [0.3, 0.4) is 0 Å². The number of hydrogen-bond donors (Lipinski definition) is 1. The van der Waals surface area contributed by atoms with Gasteiger partial charge < -0.3 is 10.2 Å². The van der Waals surface area contributed by atoms with E-state index in [1.807, 2.05) is 35.8 Å². The van der Waals surface area contributed by atoms with E-state index in [4.69, 9.17) is 0 Å². The first-order valence-corrected chi connectivity index (χ1v) is 8.02. The zero-order chi connectivity index (χ0) is 15.4. The molecular formula is C16H25IN6. The number of fused-ring (bicyclic) bond motifs is 1. The normalized spacial score (nSPS) is 18.8. The molecule has 1 fully saturated rings. The van der Waals surface area contributed by atoms with Gasteiger partial charge in [0.1, 0.15) is 5.82 Å². The van der Waals surface area contributed by atoms with Crippen LogP contribution in [0.15, 0.2) is 29.4 Å². The molecule has 2 aromatic rings. The molecule has 0 bridgehead atoms. The van der Waals surface area contributed by atoms with Crippen molar-refractivity contribution in [2.75, 3.05) is 26.7 Å². The highest BCUT2D eigenvalue weighted by Crippen LogP contribution is 2.15. The number of rotatable bonds is 3. The van der Waals surface area contributed by atoms with Crippen LogP contribution < -0.4 is 5.32 Å². The topological polar surface area (TPSA) is 57.8 Å². The van der Waals surface area contributed by atoms with Gasteiger partial charge in [-0.1, -0.05) is 13.0 Å². The third kappa shape index (κ3) is 4.33. The van der Waals surface area contributed by atoms with Crippen molar-refractivity contribution in [3.8, 4) is 0 Å². The van der Waals surface area contributed by atoms with Crippen LogP contribution in [0.25, 0.3) is 5.65 Å². The third-order valence-corrected chi connectivity index (χ3v) is 4.18. The van der Waals surface area contributed by atoms with Crippen molar-refractivity contribution in [3.05, 3.63) is 30.2 Å². The molecule has 3 heterocycles. The minimum Gasteiger partial charge on any atom is -0.356 e. The monoisotopic (exact) mass is 428 g/mol. The molecular weight excluding hydrogens is 403 g/mol. The number of piperidine rings is 1. The first-order chi connectivity index (χ1) is 10.8. The van der Waals surface area contributed by atoms with Gasteiger partial charge in [0.2, 0.25) is 0 Å². The average molecular weight is 428 g/mol. The smallest absolute Gasteiger partial charge is 0.193 e. The van der Waals surface area contributed by atoms with Gasteiger partial charge in [0.05, 0.1) is 0 Å². The third-order valence-electron chi connectivity index (χ3n) is 4.18. The van der Waals surface area contributed by atoms with Gasteiger partial charge in [-0.25, -0.2) is 0 Å². The standard InChI is InChI=1S/C16H24N6.HI/c1-13-6-5-10-21(12-13)16(17-2)18-9-8-15-20-19-14-7-3-4-11-22(14)15;/h3-4,7,11,13H,5-6,8-10,12H2,1-2H3,(H,17,18);1H. The molecule has 0 saturated carbocycles. The van der Waals surface area contributed by atoms with Crippen LogP contribution in [-0.4, -0.2) is 52.1 Å². The highest BCUT2D eigenvalue weighted by Gasteiger charge is 2.19. The summed E-state index contributed by atoms with van der Waals surface area (Å²) in [6.07, 6.45) is 5.40. The Labute approximate surface area is 154 Å². The first kappa shape index (κ1) is 18.0. The summed E-state index contributed by atoms with van der Waals surface area (Å²) in [5.74, 6) is 2.72. The maximum absolute atomic E-state index is 4.42. The summed E-state index contributed by atoms with van der Waals surface area (Å²) in [6, 6.07) is 5.95. The molecule has 6 nitrogen and oxygen atoms in total. The number of guanidine groups is 1. The molecule has 1 aliphatic heterocycles. The minimum atomic E-state index is 0. The fourth-order valence-corrected chi connectivity index (χ4v) is 3.06. The van der Waals surface area contributed by atoms with Gasteiger partial charge in [0.25, 0.3) is 0 Å². The van der Waals surface area contributed by atoms with Crippen molar-refractivity contribution in [1.29, 1.82) is 0 Å². The lowest BCUT2D eigenvalue weighted by Crippen LogP contribution is -2.46. The van der Waals surface area contributed by atoms with Crippen LogP contribution >= 0.6 is 24.0 Å². The molecule has 0 radical (unpaired) electrons. The highest BCUT2D eigenvalue weighted by molar-refractivity contribution is 14.0. The Morgan fingerprint density at radius 3 is 3.04 bits per heavy atom. The molecule has 126 valence electrons. The number of aromatic nitrogens is 3. The van der Waals surface area contributed by atoms with E-state index in [9.17, 15) is 0 Å². The van der Waals surface area contributed by atoms with E-state index >= 15 is 0 Å². The largest absolute Gasteiger partial charge is 0.356 e. The molecule has 1 saturated heterocycles. The second-order valence-corrected chi connectivity index (χ2v) is 5.96. The van der Waals surface area contributed by atoms with E-state index < -0.39 is 0 Å². The highest BCUT2D eigenvalue weighted by atomic mass is 127. The van der Waals surface area contributed by atoms with Crippen molar-refractivity contribution < 1.29 is 0 Å². The maximum atomic E-state index is 4.42. The molecule has 1 atom stereocenters. The number of likely N-dealkylation sites (tertiary alicyclic amines) is 1. The molecule has 1 unspecified atom stereocenters. The zero-order valence-corrected chi connectivity index (χ0v) is 16.1. The molecule has 0 aliphatic carbocycles. The Morgan fingerprint density at radius 2 is 2.26 bits per heavy atom. The van der Waals surface area contributed by atoms with Crippen LogP contribution in [0.4, 0.5) is 0 Å². The fourth-order valence-electron chi connectivity index (χ4n) is 3.06. The number of halogens is 1. The van der Waals surface area contributed by atoms with Gasteiger partial charge in [-0.3, -0.25) is 9.39 Å². The molecule has 1 aliphatic rings. The van der Waals surface area contributed by atoms with Crippen LogP contribution in [0.5, 0.6) is 0 Å². The second-order valence-electron chi connectivity index (χ2n) is 5.96. The van der Waals surface area contributed by atoms with E-state index in [0.717, 1.165) is 49.4 Å². The van der Waals surface area contributed by atoms with Crippen LogP contribution in [0.2, 0.25) is 0 Å². The van der Waals surface area contributed by atoms with E-state index in [0.29, 0.717) is 0 Å². The summed E-state index contributed by atoms with van der Waals surface area (Å²) in [6.45, 7) is 5.31. The Kier molecular flexibility index (Phi) is 6.61. The summed E-state index contributed by atoms with van der Waals surface area (Å²) < 4.78 is 2.04. The quantitative estimate of drug-likeness (QED) is 0.463. The van der Waals surface area contributed by atoms with Crippen LogP contribution in [0, 0.1) is 5.92 Å². The van der Waals surface area contributed by atoms with E-state index in [2.05, 4.69) is 32.3 Å². The van der Waals surface area contributed by atoms with Crippen LogP contribution in [-0.2, 0) is 6.42 Å². The number of pyridine rings is 1. The van der Waals surface area contributed by atoms with Gasteiger partial charge in [-0.05, 0) is 30.9 Å². The summed E-state index contributed by atoms with van der Waals surface area (Å²) >= 11 is 0. The lowest BCUT2D eigenvalue weighted by Gasteiger charge is -2.33. The Morgan fingerprint density at radius 1 is 1.39 bits per heavy atom. The van der Waals surface area contributed by atoms with Crippen LogP contribution in [0.1, 0.15) is 25.6 Å². The lowest BCUT2D eigenvalue weighted by molar-refractivity contribution is 0.266. The number of nitrogens with one attached hydrogen (secondary N) is 1. The van der Waals surface area contributed by atoms with Gasteiger partial charge in [0, 0.05) is 39.3 Å². The minimum absolute atomic E-state index is 0. The molecule has 0 aromatic carbocycles. The van der Waals surface area contributed by atoms with E-state index in [-0.39, 0.29) is 24.0 Å². The lowest BCUT2D eigenvalue weighted by atomic mass is 10.0. The van der Waals surface area contributed by atoms with Crippen molar-refractivity contribution in [3.63, 3.8) is 0 Å². The molecule has 0 amide bonds. The van der Waals surface area contributed by atoms with Gasteiger partial charge in [-0.15, -0.1) is 34.2 Å². The molecule has 7 heteroatoms. The van der Waals surface area contributed by atoms with E-state index in [1.54, 1.807) is 0 Å². The summed E-state index contributed by atoms with van der Waals surface area (Å²) in [7, 11) is 1.86. The summed E-state index contributed by atoms with van der Waals surface area (Å²) in [5, 5.41) is 11.9. The molecule has 0 spiro atoms. The number of aliphatic imine (C=N–C) groups is 1. The molecule has 1 N–H and O–H groups in total.